The minimum Gasteiger partial charge on any atom is -0.497 e. The Balaban J connectivity index is 1.47. The third kappa shape index (κ3) is 4.17. The molecule has 6 heteroatoms. The van der Waals surface area contributed by atoms with Gasteiger partial charge in [0.05, 0.1) is 19.6 Å². The van der Waals surface area contributed by atoms with Crippen LogP contribution < -0.4 is 10.1 Å². The molecule has 0 fully saturated rings. The minimum atomic E-state index is -0.278. The summed E-state index contributed by atoms with van der Waals surface area (Å²) in [5.41, 5.74) is 2.71. The Labute approximate surface area is 173 Å². The average molecular weight is 407 g/mol. The molecular formula is C23H22N2O3S. The molecule has 1 N–H and O–H groups in total. The summed E-state index contributed by atoms with van der Waals surface area (Å²) >= 11 is 1.57. The number of carbonyl (C=O) groups is 2. The molecule has 3 aromatic rings. The van der Waals surface area contributed by atoms with Gasteiger partial charge in [-0.25, -0.2) is 0 Å². The second kappa shape index (κ2) is 8.49. The van der Waals surface area contributed by atoms with Crippen LogP contribution in [0.4, 0.5) is 0 Å². The van der Waals surface area contributed by atoms with Gasteiger partial charge in [0.25, 0.3) is 5.91 Å². The van der Waals surface area contributed by atoms with E-state index in [1.54, 1.807) is 18.4 Å². The highest BCUT2D eigenvalue weighted by Gasteiger charge is 2.34. The molecule has 1 unspecified atom stereocenters. The number of nitrogens with one attached hydrogen (secondary N) is 1. The predicted octanol–water partition coefficient (Wildman–Crippen LogP) is 4.16. The van der Waals surface area contributed by atoms with Gasteiger partial charge in [-0.1, -0.05) is 36.4 Å². The monoisotopic (exact) mass is 406 g/mol. The molecule has 2 amide bonds. The minimum absolute atomic E-state index is 0.0143. The molecule has 4 rings (SSSR count). The van der Waals surface area contributed by atoms with Gasteiger partial charge >= 0.3 is 0 Å². The Morgan fingerprint density at radius 2 is 2.03 bits per heavy atom. The maximum atomic E-state index is 12.9. The van der Waals surface area contributed by atoms with E-state index in [9.17, 15) is 9.59 Å². The van der Waals surface area contributed by atoms with Gasteiger partial charge in [-0.15, -0.1) is 11.3 Å². The van der Waals surface area contributed by atoms with E-state index in [2.05, 4.69) is 5.32 Å². The molecule has 1 aromatic heterocycles. The van der Waals surface area contributed by atoms with E-state index in [0.717, 1.165) is 27.3 Å². The Bertz CT molecular complexity index is 1020. The number of methoxy groups -OCH3 is 1. The summed E-state index contributed by atoms with van der Waals surface area (Å²) in [4.78, 5) is 28.5. The number of hydrogen-bond donors (Lipinski definition) is 1. The SMILES string of the molecule is COc1cccc(CNC(=O)CC(c2cccs2)N2Cc3ccccc3C2=O)c1. The number of carbonyl (C=O) groups excluding carboxylic acids is 2. The highest BCUT2D eigenvalue weighted by molar-refractivity contribution is 7.10. The molecule has 0 saturated heterocycles. The number of ether oxygens (including phenoxy) is 1. The normalized spacial score (nSPS) is 13.8. The van der Waals surface area contributed by atoms with Crippen LogP contribution in [0.1, 0.15) is 38.8 Å². The van der Waals surface area contributed by atoms with Crippen molar-refractivity contribution in [3.8, 4) is 5.75 Å². The van der Waals surface area contributed by atoms with Crippen LogP contribution >= 0.6 is 11.3 Å². The zero-order chi connectivity index (χ0) is 20.2. The molecule has 0 spiro atoms. The molecular weight excluding hydrogens is 384 g/mol. The second-order valence-corrected chi connectivity index (χ2v) is 7.93. The van der Waals surface area contributed by atoms with E-state index >= 15 is 0 Å². The molecule has 0 bridgehead atoms. The lowest BCUT2D eigenvalue weighted by molar-refractivity contribution is -0.122. The lowest BCUT2D eigenvalue weighted by atomic mass is 10.1. The standard InChI is InChI=1S/C23H22N2O3S/c1-28-18-8-4-6-16(12-18)14-24-22(26)13-20(21-10-5-11-29-21)25-15-17-7-2-3-9-19(17)23(25)27/h2-12,20H,13-15H2,1H3,(H,24,26). The first kappa shape index (κ1) is 19.2. The van der Waals surface area contributed by atoms with Crippen molar-refractivity contribution in [2.24, 2.45) is 0 Å². The van der Waals surface area contributed by atoms with Crippen molar-refractivity contribution in [1.82, 2.24) is 10.2 Å². The molecule has 1 atom stereocenters. The first-order chi connectivity index (χ1) is 14.2. The predicted molar refractivity (Wildman–Crippen MR) is 113 cm³/mol. The smallest absolute Gasteiger partial charge is 0.255 e. The molecule has 2 aromatic carbocycles. The summed E-state index contributed by atoms with van der Waals surface area (Å²) in [6.45, 7) is 0.947. The van der Waals surface area contributed by atoms with Crippen LogP contribution in [0.2, 0.25) is 0 Å². The number of rotatable bonds is 7. The summed E-state index contributed by atoms with van der Waals surface area (Å²) in [6, 6.07) is 18.9. The molecule has 148 valence electrons. The molecule has 2 heterocycles. The van der Waals surface area contributed by atoms with Gasteiger partial charge in [0.1, 0.15) is 5.75 Å². The highest BCUT2D eigenvalue weighted by Crippen LogP contribution is 2.35. The van der Waals surface area contributed by atoms with Gasteiger partial charge in [-0.05, 0) is 40.8 Å². The van der Waals surface area contributed by atoms with Gasteiger partial charge < -0.3 is 15.0 Å². The molecule has 0 aliphatic carbocycles. The van der Waals surface area contributed by atoms with E-state index in [1.807, 2.05) is 70.9 Å². The van der Waals surface area contributed by atoms with Crippen molar-refractivity contribution in [2.45, 2.75) is 25.6 Å². The number of thiophene rings is 1. The number of hydrogen-bond acceptors (Lipinski definition) is 4. The number of amides is 2. The van der Waals surface area contributed by atoms with Crippen molar-refractivity contribution in [1.29, 1.82) is 0 Å². The van der Waals surface area contributed by atoms with Crippen molar-refractivity contribution in [2.75, 3.05) is 7.11 Å². The first-order valence-electron chi connectivity index (χ1n) is 9.47. The third-order valence-electron chi connectivity index (χ3n) is 5.10. The van der Waals surface area contributed by atoms with Crippen LogP contribution in [0.15, 0.2) is 66.0 Å². The third-order valence-corrected chi connectivity index (χ3v) is 6.07. The number of benzene rings is 2. The lowest BCUT2D eigenvalue weighted by Gasteiger charge is -2.26. The van der Waals surface area contributed by atoms with E-state index in [0.29, 0.717) is 13.1 Å². The van der Waals surface area contributed by atoms with E-state index < -0.39 is 0 Å². The summed E-state index contributed by atoms with van der Waals surface area (Å²) < 4.78 is 5.23. The maximum Gasteiger partial charge on any atom is 0.255 e. The molecule has 1 aliphatic heterocycles. The summed E-state index contributed by atoms with van der Waals surface area (Å²) in [5, 5.41) is 4.95. The van der Waals surface area contributed by atoms with Crippen LogP contribution in [0, 0.1) is 0 Å². The van der Waals surface area contributed by atoms with Crippen molar-refractivity contribution < 1.29 is 14.3 Å². The van der Waals surface area contributed by atoms with Crippen LogP contribution in [-0.4, -0.2) is 23.8 Å². The van der Waals surface area contributed by atoms with Gasteiger partial charge in [0.2, 0.25) is 5.91 Å². The van der Waals surface area contributed by atoms with E-state index in [4.69, 9.17) is 4.74 Å². The summed E-state index contributed by atoms with van der Waals surface area (Å²) in [7, 11) is 1.62. The second-order valence-electron chi connectivity index (χ2n) is 6.95. The highest BCUT2D eigenvalue weighted by atomic mass is 32.1. The zero-order valence-electron chi connectivity index (χ0n) is 16.1. The summed E-state index contributed by atoms with van der Waals surface area (Å²) in [6.07, 6.45) is 0.226. The Kier molecular flexibility index (Phi) is 5.62. The van der Waals surface area contributed by atoms with Gasteiger partial charge in [-0.3, -0.25) is 9.59 Å². The molecule has 0 saturated carbocycles. The fourth-order valence-corrected chi connectivity index (χ4v) is 4.44. The van der Waals surface area contributed by atoms with Crippen molar-refractivity contribution >= 4 is 23.2 Å². The lowest BCUT2D eigenvalue weighted by Crippen LogP contribution is -2.33. The van der Waals surface area contributed by atoms with Crippen LogP contribution in [0.25, 0.3) is 0 Å². The first-order valence-corrected chi connectivity index (χ1v) is 10.4. The molecule has 0 radical (unpaired) electrons. The van der Waals surface area contributed by atoms with Gasteiger partial charge in [-0.2, -0.15) is 0 Å². The molecule has 5 nitrogen and oxygen atoms in total. The van der Waals surface area contributed by atoms with Crippen LogP contribution in [-0.2, 0) is 17.9 Å². The Hall–Kier alpha value is -3.12. The topological polar surface area (TPSA) is 58.6 Å². The van der Waals surface area contributed by atoms with Gasteiger partial charge in [0, 0.05) is 23.5 Å². The number of nitrogens with zero attached hydrogens (tertiary/aromatic N) is 1. The van der Waals surface area contributed by atoms with E-state index in [1.165, 1.54) is 0 Å². The average Bonchev–Trinajstić information content (AvgIpc) is 3.40. The van der Waals surface area contributed by atoms with Crippen molar-refractivity contribution in [3.63, 3.8) is 0 Å². The van der Waals surface area contributed by atoms with Crippen LogP contribution in [0.5, 0.6) is 5.75 Å². The molecule has 1 aliphatic rings. The fraction of sp³-hybridized carbons (Fsp3) is 0.217. The number of fused-ring (bicyclic) bond motifs is 1. The largest absolute Gasteiger partial charge is 0.497 e. The quantitative estimate of drug-likeness (QED) is 0.641. The Morgan fingerprint density at radius 1 is 1.17 bits per heavy atom. The summed E-state index contributed by atoms with van der Waals surface area (Å²) in [5.74, 6) is 0.656. The zero-order valence-corrected chi connectivity index (χ0v) is 16.9. The Morgan fingerprint density at radius 3 is 2.79 bits per heavy atom. The van der Waals surface area contributed by atoms with Crippen LogP contribution in [0.3, 0.4) is 0 Å². The van der Waals surface area contributed by atoms with E-state index in [-0.39, 0.29) is 24.3 Å². The molecule has 29 heavy (non-hydrogen) atoms. The fourth-order valence-electron chi connectivity index (χ4n) is 3.60. The van der Waals surface area contributed by atoms with Gasteiger partial charge in [0.15, 0.2) is 0 Å². The maximum absolute atomic E-state index is 12.9. The van der Waals surface area contributed by atoms with Crippen molar-refractivity contribution in [3.05, 3.63) is 87.6 Å².